The zero-order valence-corrected chi connectivity index (χ0v) is 13.0. The lowest BCUT2D eigenvalue weighted by molar-refractivity contribution is 0.253. The van der Waals surface area contributed by atoms with Gasteiger partial charge in [0, 0.05) is 24.4 Å². The highest BCUT2D eigenvalue weighted by Crippen LogP contribution is 2.43. The van der Waals surface area contributed by atoms with Crippen molar-refractivity contribution >= 4 is 11.0 Å². The number of nitrogens with zero attached hydrogens (tertiary/aromatic N) is 2. The van der Waals surface area contributed by atoms with E-state index in [2.05, 4.69) is 50.6 Å². The lowest BCUT2D eigenvalue weighted by Crippen LogP contribution is -2.41. The molecule has 3 rings (SSSR count). The van der Waals surface area contributed by atoms with Gasteiger partial charge in [-0.3, -0.25) is 0 Å². The molecule has 1 aliphatic rings. The highest BCUT2D eigenvalue weighted by atomic mass is 15.1. The number of nitrogens with two attached hydrogens (primary N) is 1. The van der Waals surface area contributed by atoms with Crippen LogP contribution >= 0.6 is 0 Å². The number of aryl methyl sites for hydroxylation is 1. The van der Waals surface area contributed by atoms with E-state index < -0.39 is 0 Å². The van der Waals surface area contributed by atoms with E-state index in [-0.39, 0.29) is 10.8 Å². The summed E-state index contributed by atoms with van der Waals surface area (Å²) < 4.78 is 2.22. The SMILES string of the molecule is Cn1c(C(C)(C)C)nc2cc(C3(CN)CCC3)ccc21. The van der Waals surface area contributed by atoms with Crippen molar-refractivity contribution in [3.63, 3.8) is 0 Å². The molecular formula is C17H25N3. The minimum Gasteiger partial charge on any atom is -0.331 e. The van der Waals surface area contributed by atoms with Crippen LogP contribution in [0.3, 0.4) is 0 Å². The predicted molar refractivity (Wildman–Crippen MR) is 84.0 cm³/mol. The summed E-state index contributed by atoms with van der Waals surface area (Å²) in [5.74, 6) is 1.14. The molecule has 1 aliphatic carbocycles. The van der Waals surface area contributed by atoms with Crippen LogP contribution in [0.5, 0.6) is 0 Å². The van der Waals surface area contributed by atoms with Crippen LogP contribution in [0.2, 0.25) is 0 Å². The number of hydrogen-bond donors (Lipinski definition) is 1. The molecule has 1 heterocycles. The molecule has 1 fully saturated rings. The second kappa shape index (κ2) is 4.32. The van der Waals surface area contributed by atoms with Gasteiger partial charge in [0.15, 0.2) is 0 Å². The zero-order valence-electron chi connectivity index (χ0n) is 13.0. The molecule has 0 radical (unpaired) electrons. The molecule has 0 spiro atoms. The Balaban J connectivity index is 2.13. The van der Waals surface area contributed by atoms with Crippen molar-refractivity contribution in [1.29, 1.82) is 0 Å². The van der Waals surface area contributed by atoms with E-state index in [4.69, 9.17) is 10.7 Å². The van der Waals surface area contributed by atoms with Crippen LogP contribution < -0.4 is 5.73 Å². The molecule has 2 aromatic rings. The number of rotatable bonds is 2. The highest BCUT2D eigenvalue weighted by Gasteiger charge is 2.37. The smallest absolute Gasteiger partial charge is 0.115 e. The second-order valence-electron chi connectivity index (χ2n) is 7.29. The monoisotopic (exact) mass is 271 g/mol. The van der Waals surface area contributed by atoms with Gasteiger partial charge >= 0.3 is 0 Å². The van der Waals surface area contributed by atoms with Crippen molar-refractivity contribution in [2.75, 3.05) is 6.54 Å². The average Bonchev–Trinajstić information content (AvgIpc) is 2.66. The second-order valence-corrected chi connectivity index (χ2v) is 7.29. The summed E-state index contributed by atoms with van der Waals surface area (Å²) in [6.07, 6.45) is 3.73. The molecule has 1 aromatic carbocycles. The van der Waals surface area contributed by atoms with E-state index in [0.717, 1.165) is 17.9 Å². The number of benzene rings is 1. The first-order chi connectivity index (χ1) is 9.37. The number of fused-ring (bicyclic) bond motifs is 1. The molecule has 20 heavy (non-hydrogen) atoms. The number of imidazole rings is 1. The Morgan fingerprint density at radius 1 is 1.30 bits per heavy atom. The third-order valence-electron chi connectivity index (χ3n) is 4.87. The molecule has 0 unspecified atom stereocenters. The van der Waals surface area contributed by atoms with Gasteiger partial charge in [0.05, 0.1) is 11.0 Å². The van der Waals surface area contributed by atoms with Gasteiger partial charge < -0.3 is 10.3 Å². The third kappa shape index (κ3) is 1.87. The Hall–Kier alpha value is -1.35. The molecule has 0 atom stereocenters. The summed E-state index contributed by atoms with van der Waals surface area (Å²) >= 11 is 0. The molecule has 0 aliphatic heterocycles. The maximum Gasteiger partial charge on any atom is 0.115 e. The highest BCUT2D eigenvalue weighted by molar-refractivity contribution is 5.77. The van der Waals surface area contributed by atoms with E-state index in [9.17, 15) is 0 Å². The van der Waals surface area contributed by atoms with Gasteiger partial charge in [0.1, 0.15) is 5.82 Å². The summed E-state index contributed by atoms with van der Waals surface area (Å²) in [5.41, 5.74) is 10.00. The summed E-state index contributed by atoms with van der Waals surface area (Å²) in [5, 5.41) is 0. The molecule has 0 bridgehead atoms. The Morgan fingerprint density at radius 2 is 2.00 bits per heavy atom. The summed E-state index contributed by atoms with van der Waals surface area (Å²) in [7, 11) is 2.11. The van der Waals surface area contributed by atoms with Crippen molar-refractivity contribution in [3.8, 4) is 0 Å². The van der Waals surface area contributed by atoms with Crippen LogP contribution in [0.25, 0.3) is 11.0 Å². The Labute approximate surface area is 121 Å². The standard InChI is InChI=1S/C17H25N3/c1-16(2,3)15-19-13-10-12(6-7-14(13)20(15)4)17(11-18)8-5-9-17/h6-7,10H,5,8-9,11,18H2,1-4H3. The number of hydrogen-bond acceptors (Lipinski definition) is 2. The Morgan fingerprint density at radius 3 is 2.50 bits per heavy atom. The summed E-state index contributed by atoms with van der Waals surface area (Å²) in [4.78, 5) is 4.87. The van der Waals surface area contributed by atoms with Gasteiger partial charge in [-0.25, -0.2) is 4.98 Å². The largest absolute Gasteiger partial charge is 0.331 e. The molecule has 3 heteroatoms. The lowest BCUT2D eigenvalue weighted by Gasteiger charge is -2.41. The van der Waals surface area contributed by atoms with Crippen LogP contribution in [-0.2, 0) is 17.9 Å². The van der Waals surface area contributed by atoms with Gasteiger partial charge in [0.25, 0.3) is 0 Å². The average molecular weight is 271 g/mol. The first-order valence-corrected chi connectivity index (χ1v) is 7.55. The maximum absolute atomic E-state index is 6.02. The number of aromatic nitrogens is 2. The normalized spacial score (nSPS) is 18.2. The van der Waals surface area contributed by atoms with E-state index in [0.29, 0.717) is 0 Å². The van der Waals surface area contributed by atoms with Gasteiger partial charge in [-0.2, -0.15) is 0 Å². The molecule has 3 nitrogen and oxygen atoms in total. The van der Waals surface area contributed by atoms with Crippen LogP contribution in [-0.4, -0.2) is 16.1 Å². The minimum absolute atomic E-state index is 0.0654. The molecule has 0 amide bonds. The maximum atomic E-state index is 6.02. The quantitative estimate of drug-likeness (QED) is 0.911. The Kier molecular flexibility index (Phi) is 2.94. The fraction of sp³-hybridized carbons (Fsp3) is 0.588. The van der Waals surface area contributed by atoms with Crippen molar-refractivity contribution in [2.45, 2.75) is 50.9 Å². The van der Waals surface area contributed by atoms with Gasteiger partial charge in [-0.15, -0.1) is 0 Å². The first kappa shape index (κ1) is 13.6. The molecule has 2 N–H and O–H groups in total. The van der Waals surface area contributed by atoms with E-state index >= 15 is 0 Å². The van der Waals surface area contributed by atoms with E-state index in [1.54, 1.807) is 0 Å². The van der Waals surface area contributed by atoms with Crippen molar-refractivity contribution in [3.05, 3.63) is 29.6 Å². The molecular weight excluding hydrogens is 246 g/mol. The van der Waals surface area contributed by atoms with Gasteiger partial charge in [-0.05, 0) is 30.5 Å². The van der Waals surface area contributed by atoms with Crippen molar-refractivity contribution in [2.24, 2.45) is 12.8 Å². The van der Waals surface area contributed by atoms with Crippen LogP contribution in [0.1, 0.15) is 51.4 Å². The summed E-state index contributed by atoms with van der Waals surface area (Å²) in [6.45, 7) is 7.38. The van der Waals surface area contributed by atoms with Crippen molar-refractivity contribution < 1.29 is 0 Å². The Bertz CT molecular complexity index is 637. The van der Waals surface area contributed by atoms with Crippen LogP contribution in [0.4, 0.5) is 0 Å². The molecule has 1 aromatic heterocycles. The van der Waals surface area contributed by atoms with Gasteiger partial charge in [0.2, 0.25) is 0 Å². The van der Waals surface area contributed by atoms with Gasteiger partial charge in [-0.1, -0.05) is 33.3 Å². The van der Waals surface area contributed by atoms with Crippen LogP contribution in [0.15, 0.2) is 18.2 Å². The summed E-state index contributed by atoms with van der Waals surface area (Å²) in [6, 6.07) is 6.72. The molecule has 1 saturated carbocycles. The van der Waals surface area contributed by atoms with E-state index in [1.165, 1.54) is 30.3 Å². The minimum atomic E-state index is 0.0654. The van der Waals surface area contributed by atoms with Crippen LogP contribution in [0, 0.1) is 0 Å². The first-order valence-electron chi connectivity index (χ1n) is 7.55. The molecule has 0 saturated heterocycles. The topological polar surface area (TPSA) is 43.8 Å². The fourth-order valence-electron chi connectivity index (χ4n) is 3.41. The fourth-order valence-corrected chi connectivity index (χ4v) is 3.41. The van der Waals surface area contributed by atoms with Crippen molar-refractivity contribution in [1.82, 2.24) is 9.55 Å². The predicted octanol–water partition coefficient (Wildman–Crippen LogP) is 3.25. The lowest BCUT2D eigenvalue weighted by atomic mass is 9.64. The third-order valence-corrected chi connectivity index (χ3v) is 4.87. The zero-order chi connectivity index (χ0) is 14.5. The molecule has 108 valence electrons. The van der Waals surface area contributed by atoms with E-state index in [1.807, 2.05) is 0 Å².